The van der Waals surface area contributed by atoms with Crippen LogP contribution in [0.4, 0.5) is 0 Å². The van der Waals surface area contributed by atoms with E-state index in [1.807, 2.05) is 13.8 Å². The lowest BCUT2D eigenvalue weighted by molar-refractivity contribution is 0.0428. The third kappa shape index (κ3) is 7.98. The third-order valence-electron chi connectivity index (χ3n) is 4.05. The van der Waals surface area contributed by atoms with E-state index in [0.29, 0.717) is 47.0 Å². The molecule has 0 bridgehead atoms. The van der Waals surface area contributed by atoms with Crippen molar-refractivity contribution in [3.63, 3.8) is 0 Å². The van der Waals surface area contributed by atoms with Crippen LogP contribution in [0.15, 0.2) is 39.7 Å². The molecule has 7 nitrogen and oxygen atoms in total. The maximum atomic E-state index is 12.2. The first-order chi connectivity index (χ1) is 13.7. The van der Waals surface area contributed by atoms with Crippen LogP contribution in [0.5, 0.6) is 0 Å². The highest BCUT2D eigenvalue weighted by molar-refractivity contribution is 14.0. The van der Waals surface area contributed by atoms with Crippen molar-refractivity contribution in [2.75, 3.05) is 26.2 Å². The molecule has 0 saturated heterocycles. The van der Waals surface area contributed by atoms with E-state index in [4.69, 9.17) is 27.6 Å². The Balaban J connectivity index is 0.00000450. The topological polar surface area (TPSA) is 98.9 Å². The highest BCUT2D eigenvalue weighted by Gasteiger charge is 2.26. The molecule has 1 amide bonds. The molecular formula is C20H27Cl2IN4O3. The molecule has 10 heteroatoms. The first kappa shape index (κ1) is 26.5. The summed E-state index contributed by atoms with van der Waals surface area (Å²) >= 11 is 11.8. The Bertz CT molecular complexity index is 871. The van der Waals surface area contributed by atoms with E-state index in [1.165, 1.54) is 6.07 Å². The fourth-order valence-corrected chi connectivity index (χ4v) is 2.77. The van der Waals surface area contributed by atoms with Crippen molar-refractivity contribution < 1.29 is 14.3 Å². The summed E-state index contributed by atoms with van der Waals surface area (Å²) in [7, 11) is 0. The molecule has 0 spiro atoms. The van der Waals surface area contributed by atoms with Crippen molar-refractivity contribution in [2.45, 2.75) is 26.4 Å². The second-order valence-corrected chi connectivity index (χ2v) is 7.51. The summed E-state index contributed by atoms with van der Waals surface area (Å²) in [5, 5.41) is 20.3. The van der Waals surface area contributed by atoms with Gasteiger partial charge in [0, 0.05) is 25.2 Å². The average molecular weight is 569 g/mol. The normalized spacial score (nSPS) is 13.2. The van der Waals surface area contributed by atoms with Crippen LogP contribution in [0.1, 0.15) is 35.7 Å². The summed E-state index contributed by atoms with van der Waals surface area (Å²) in [4.78, 5) is 16.6. The van der Waals surface area contributed by atoms with Crippen LogP contribution in [-0.2, 0) is 5.60 Å². The Morgan fingerprint density at radius 2 is 1.83 bits per heavy atom. The van der Waals surface area contributed by atoms with Gasteiger partial charge in [0.1, 0.15) is 17.1 Å². The maximum absolute atomic E-state index is 12.2. The molecule has 0 radical (unpaired) electrons. The first-order valence-corrected chi connectivity index (χ1v) is 10.0. The second kappa shape index (κ2) is 12.4. The minimum atomic E-state index is -1.22. The molecule has 0 aliphatic carbocycles. The third-order valence-corrected chi connectivity index (χ3v) is 4.78. The molecule has 30 heavy (non-hydrogen) atoms. The Morgan fingerprint density at radius 3 is 2.43 bits per heavy atom. The molecule has 1 unspecified atom stereocenters. The number of nitrogens with one attached hydrogen (secondary N) is 3. The van der Waals surface area contributed by atoms with Gasteiger partial charge in [-0.2, -0.15) is 0 Å². The van der Waals surface area contributed by atoms with Crippen LogP contribution in [0.2, 0.25) is 10.0 Å². The zero-order valence-electron chi connectivity index (χ0n) is 17.1. The maximum Gasteiger partial charge on any atom is 0.251 e. The number of carbonyl (C=O) groups excluding carboxylic acids is 1. The Morgan fingerprint density at radius 1 is 1.13 bits per heavy atom. The van der Waals surface area contributed by atoms with E-state index >= 15 is 0 Å². The molecule has 2 rings (SSSR count). The molecule has 4 N–H and O–H groups in total. The number of nitrogens with zero attached hydrogens (tertiary/aromatic N) is 1. The molecule has 1 aromatic carbocycles. The van der Waals surface area contributed by atoms with Gasteiger partial charge in [-0.25, -0.2) is 4.99 Å². The number of carbonyl (C=O) groups is 1. The lowest BCUT2D eigenvalue weighted by Gasteiger charge is -2.19. The summed E-state index contributed by atoms with van der Waals surface area (Å²) in [6, 6.07) is 8.26. The molecule has 166 valence electrons. The molecule has 2 aromatic rings. The summed E-state index contributed by atoms with van der Waals surface area (Å²) in [5.74, 6) is 1.47. The summed E-state index contributed by atoms with van der Waals surface area (Å²) in [5.41, 5.74) is -0.789. The van der Waals surface area contributed by atoms with Gasteiger partial charge in [-0.15, -0.1) is 24.0 Å². The minimum Gasteiger partial charge on any atom is -0.463 e. The van der Waals surface area contributed by atoms with E-state index in [1.54, 1.807) is 31.2 Å². The Kier molecular flexibility index (Phi) is 11.0. The van der Waals surface area contributed by atoms with Crippen LogP contribution < -0.4 is 16.0 Å². The summed E-state index contributed by atoms with van der Waals surface area (Å²) < 4.78 is 5.50. The monoisotopic (exact) mass is 568 g/mol. The van der Waals surface area contributed by atoms with Gasteiger partial charge in [0.15, 0.2) is 5.96 Å². The van der Waals surface area contributed by atoms with E-state index in [2.05, 4.69) is 20.9 Å². The molecular weight excluding hydrogens is 542 g/mol. The first-order valence-electron chi connectivity index (χ1n) is 9.27. The smallest absolute Gasteiger partial charge is 0.251 e. The average Bonchev–Trinajstić information content (AvgIpc) is 3.12. The van der Waals surface area contributed by atoms with E-state index < -0.39 is 5.60 Å². The zero-order valence-corrected chi connectivity index (χ0v) is 20.9. The van der Waals surface area contributed by atoms with Gasteiger partial charge in [0.2, 0.25) is 0 Å². The number of aliphatic hydroxyl groups is 1. The number of furan rings is 1. The number of hydrogen-bond acceptors (Lipinski definition) is 4. The zero-order chi connectivity index (χ0) is 21.4. The summed E-state index contributed by atoms with van der Waals surface area (Å²) in [6.45, 7) is 7.00. The highest BCUT2D eigenvalue weighted by Crippen LogP contribution is 2.23. The van der Waals surface area contributed by atoms with E-state index in [9.17, 15) is 9.90 Å². The van der Waals surface area contributed by atoms with Gasteiger partial charge in [-0.05, 0) is 51.1 Å². The van der Waals surface area contributed by atoms with Crippen LogP contribution in [0, 0.1) is 6.92 Å². The number of aryl methyl sites for hydroxylation is 1. The van der Waals surface area contributed by atoms with Crippen molar-refractivity contribution in [3.8, 4) is 0 Å². The number of amides is 1. The minimum absolute atomic E-state index is 0. The van der Waals surface area contributed by atoms with Gasteiger partial charge < -0.3 is 25.5 Å². The lowest BCUT2D eigenvalue weighted by atomic mass is 10.0. The molecule has 0 aliphatic heterocycles. The molecule has 0 aliphatic rings. The van der Waals surface area contributed by atoms with Crippen molar-refractivity contribution in [2.24, 2.45) is 4.99 Å². The molecule has 1 heterocycles. The Labute approximate surface area is 203 Å². The van der Waals surface area contributed by atoms with Crippen molar-refractivity contribution in [1.29, 1.82) is 0 Å². The largest absolute Gasteiger partial charge is 0.463 e. The molecule has 0 fully saturated rings. The van der Waals surface area contributed by atoms with Crippen LogP contribution >= 0.6 is 47.2 Å². The lowest BCUT2D eigenvalue weighted by Crippen LogP contribution is -2.42. The number of rotatable bonds is 8. The van der Waals surface area contributed by atoms with Gasteiger partial charge >= 0.3 is 0 Å². The van der Waals surface area contributed by atoms with Crippen molar-refractivity contribution >= 4 is 59.0 Å². The quantitative estimate of drug-likeness (QED) is 0.168. The fourth-order valence-electron chi connectivity index (χ4n) is 2.47. The van der Waals surface area contributed by atoms with E-state index in [0.717, 1.165) is 5.76 Å². The number of hydrogen-bond donors (Lipinski definition) is 4. The van der Waals surface area contributed by atoms with E-state index in [-0.39, 0.29) is 36.4 Å². The van der Waals surface area contributed by atoms with Crippen LogP contribution in [-0.4, -0.2) is 43.2 Å². The molecule has 1 atom stereocenters. The molecule has 1 aromatic heterocycles. The standard InChI is InChI=1S/C20H26Cl2N4O3.HI/c1-4-23-19(26-12-20(3,28)17-8-5-13(2)29-17)25-10-9-24-18(27)14-6-7-15(21)16(22)11-14;/h5-8,11,28H,4,9-10,12H2,1-3H3,(H,24,27)(H2,23,25,26);1H. The summed E-state index contributed by atoms with van der Waals surface area (Å²) in [6.07, 6.45) is 0. The van der Waals surface area contributed by atoms with Gasteiger partial charge in [0.25, 0.3) is 5.91 Å². The number of guanidine groups is 1. The SMILES string of the molecule is CCNC(=NCC(C)(O)c1ccc(C)o1)NCCNC(=O)c1ccc(Cl)c(Cl)c1.I. The van der Waals surface area contributed by atoms with Crippen LogP contribution in [0.3, 0.4) is 0 Å². The molecule has 0 saturated carbocycles. The predicted octanol–water partition coefficient (Wildman–Crippen LogP) is 3.71. The number of benzene rings is 1. The number of aliphatic imine (C=N–C) groups is 1. The number of halogens is 3. The van der Waals surface area contributed by atoms with Crippen molar-refractivity contribution in [3.05, 3.63) is 57.5 Å². The van der Waals surface area contributed by atoms with Gasteiger partial charge in [-0.1, -0.05) is 23.2 Å². The highest BCUT2D eigenvalue weighted by atomic mass is 127. The van der Waals surface area contributed by atoms with Crippen molar-refractivity contribution in [1.82, 2.24) is 16.0 Å². The van der Waals surface area contributed by atoms with Gasteiger partial charge in [0.05, 0.1) is 16.6 Å². The Hall–Kier alpha value is -1.49. The van der Waals surface area contributed by atoms with Gasteiger partial charge in [-0.3, -0.25) is 4.79 Å². The van der Waals surface area contributed by atoms with Crippen LogP contribution in [0.25, 0.3) is 0 Å². The second-order valence-electron chi connectivity index (χ2n) is 6.69. The fraction of sp³-hybridized carbons (Fsp3) is 0.400. The predicted molar refractivity (Wildman–Crippen MR) is 131 cm³/mol.